The molecule has 0 aromatic carbocycles. The minimum absolute atomic E-state index is 0.0105. The molecular weight excluding hydrogens is 224 g/mol. The second kappa shape index (κ2) is 5.85. The van der Waals surface area contributed by atoms with Crippen LogP contribution in [0.1, 0.15) is 32.4 Å². The van der Waals surface area contributed by atoms with Crippen molar-refractivity contribution in [3.63, 3.8) is 0 Å². The maximum Gasteiger partial charge on any atom is 0.220 e. The van der Waals surface area contributed by atoms with Crippen LogP contribution in [0.3, 0.4) is 0 Å². The third-order valence-corrected chi connectivity index (χ3v) is 2.56. The van der Waals surface area contributed by atoms with Crippen molar-refractivity contribution in [2.24, 2.45) is 0 Å². The number of pyridine rings is 1. The van der Waals surface area contributed by atoms with Crippen molar-refractivity contribution >= 4 is 17.5 Å². The first-order valence-electron chi connectivity index (χ1n) is 5.35. The Balaban J connectivity index is 2.61. The van der Waals surface area contributed by atoms with Gasteiger partial charge in [-0.25, -0.2) is 0 Å². The Morgan fingerprint density at radius 3 is 2.81 bits per heavy atom. The molecule has 0 aliphatic rings. The van der Waals surface area contributed by atoms with E-state index in [9.17, 15) is 4.79 Å². The number of carbonyl (C=O) groups is 1. The Morgan fingerprint density at radius 1 is 1.50 bits per heavy atom. The molecule has 1 heterocycles. The number of carbonyl (C=O) groups excluding carboxylic acids is 1. The lowest BCUT2D eigenvalue weighted by Gasteiger charge is -2.25. The van der Waals surface area contributed by atoms with E-state index < -0.39 is 5.54 Å². The number of rotatable bonds is 5. The Hall–Kier alpha value is -1.09. The number of hydrogen-bond donors (Lipinski definition) is 1. The lowest BCUT2D eigenvalue weighted by Crippen LogP contribution is -2.41. The fourth-order valence-corrected chi connectivity index (χ4v) is 1.57. The molecule has 0 spiro atoms. The molecule has 88 valence electrons. The molecule has 4 heteroatoms. The van der Waals surface area contributed by atoms with E-state index in [1.165, 1.54) is 0 Å². The molecule has 0 radical (unpaired) electrons. The van der Waals surface area contributed by atoms with Crippen LogP contribution < -0.4 is 5.32 Å². The van der Waals surface area contributed by atoms with Crippen LogP contribution in [-0.4, -0.2) is 16.8 Å². The van der Waals surface area contributed by atoms with E-state index >= 15 is 0 Å². The fraction of sp³-hybridized carbons (Fsp3) is 0.500. The van der Waals surface area contributed by atoms with E-state index in [0.29, 0.717) is 18.7 Å². The van der Waals surface area contributed by atoms with Crippen molar-refractivity contribution in [1.29, 1.82) is 0 Å². The van der Waals surface area contributed by atoms with E-state index in [0.717, 1.165) is 5.69 Å². The molecular formula is C12H17ClN2O. The first kappa shape index (κ1) is 13.0. The van der Waals surface area contributed by atoms with Gasteiger partial charge in [0.2, 0.25) is 5.91 Å². The highest BCUT2D eigenvalue weighted by Gasteiger charge is 2.23. The van der Waals surface area contributed by atoms with Crippen molar-refractivity contribution in [2.45, 2.75) is 32.2 Å². The summed E-state index contributed by atoms with van der Waals surface area (Å²) in [5.74, 6) is 0.522. The van der Waals surface area contributed by atoms with E-state index in [1.54, 1.807) is 6.20 Å². The summed E-state index contributed by atoms with van der Waals surface area (Å²) in [5.41, 5.74) is 0.416. The summed E-state index contributed by atoms with van der Waals surface area (Å²) in [5, 5.41) is 2.95. The van der Waals surface area contributed by atoms with Gasteiger partial charge < -0.3 is 5.32 Å². The van der Waals surface area contributed by atoms with E-state index in [-0.39, 0.29) is 5.91 Å². The Morgan fingerprint density at radius 2 is 2.25 bits per heavy atom. The molecule has 1 rings (SSSR count). The van der Waals surface area contributed by atoms with Crippen LogP contribution in [0.25, 0.3) is 0 Å². The molecule has 0 saturated heterocycles. The summed E-state index contributed by atoms with van der Waals surface area (Å²) in [6, 6.07) is 5.67. The van der Waals surface area contributed by atoms with Gasteiger partial charge in [0.05, 0.1) is 11.2 Å². The summed E-state index contributed by atoms with van der Waals surface area (Å²) in [6.07, 6.45) is 2.88. The average Bonchev–Trinajstić information content (AvgIpc) is 2.27. The van der Waals surface area contributed by atoms with Crippen molar-refractivity contribution in [1.82, 2.24) is 10.3 Å². The molecule has 0 saturated carbocycles. The number of aromatic nitrogens is 1. The van der Waals surface area contributed by atoms with Gasteiger partial charge in [-0.1, -0.05) is 6.07 Å². The van der Waals surface area contributed by atoms with Gasteiger partial charge in [-0.2, -0.15) is 0 Å². The number of nitrogens with zero attached hydrogens (tertiary/aromatic N) is 1. The van der Waals surface area contributed by atoms with E-state index in [2.05, 4.69) is 10.3 Å². The Bertz CT molecular complexity index is 338. The van der Waals surface area contributed by atoms with Crippen LogP contribution in [0.15, 0.2) is 24.4 Å². The maximum absolute atomic E-state index is 11.6. The van der Waals surface area contributed by atoms with Crippen molar-refractivity contribution < 1.29 is 4.79 Å². The molecule has 0 atom stereocenters. The van der Waals surface area contributed by atoms with Crippen molar-refractivity contribution in [3.8, 4) is 0 Å². The quantitative estimate of drug-likeness (QED) is 0.804. The summed E-state index contributed by atoms with van der Waals surface area (Å²) in [7, 11) is 0. The number of hydrogen-bond acceptors (Lipinski definition) is 2. The second-order valence-electron chi connectivity index (χ2n) is 4.18. The average molecular weight is 241 g/mol. The summed E-state index contributed by atoms with van der Waals surface area (Å²) in [6.45, 7) is 3.88. The van der Waals surface area contributed by atoms with Crippen LogP contribution in [-0.2, 0) is 10.3 Å². The van der Waals surface area contributed by atoms with Crippen LogP contribution in [0.2, 0.25) is 0 Å². The van der Waals surface area contributed by atoms with Gasteiger partial charge in [0, 0.05) is 18.5 Å². The highest BCUT2D eigenvalue weighted by molar-refractivity contribution is 6.17. The summed E-state index contributed by atoms with van der Waals surface area (Å²) >= 11 is 5.54. The minimum Gasteiger partial charge on any atom is -0.346 e. The lowest BCUT2D eigenvalue weighted by atomic mass is 9.99. The number of halogens is 1. The standard InChI is InChI=1S/C12H17ClN2O/c1-12(2,10-6-3-4-9-14-10)15-11(16)7-5-8-13/h3-4,6,9H,5,7-8H2,1-2H3,(H,15,16). The lowest BCUT2D eigenvalue weighted by molar-refractivity contribution is -0.122. The molecule has 1 aromatic rings. The largest absolute Gasteiger partial charge is 0.346 e. The molecule has 1 N–H and O–H groups in total. The van der Waals surface area contributed by atoms with Gasteiger partial charge in [0.1, 0.15) is 0 Å². The van der Waals surface area contributed by atoms with E-state index in [4.69, 9.17) is 11.6 Å². The van der Waals surface area contributed by atoms with Crippen LogP contribution in [0, 0.1) is 0 Å². The highest BCUT2D eigenvalue weighted by atomic mass is 35.5. The SMILES string of the molecule is CC(C)(NC(=O)CCCCl)c1ccccn1. The molecule has 1 aromatic heterocycles. The molecule has 0 fully saturated rings. The normalized spacial score (nSPS) is 11.2. The molecule has 0 bridgehead atoms. The minimum atomic E-state index is -0.440. The number of nitrogens with one attached hydrogen (secondary N) is 1. The fourth-order valence-electron chi connectivity index (χ4n) is 1.43. The maximum atomic E-state index is 11.6. The zero-order valence-electron chi connectivity index (χ0n) is 9.66. The highest BCUT2D eigenvalue weighted by Crippen LogP contribution is 2.17. The monoisotopic (exact) mass is 240 g/mol. The Labute approximate surface area is 101 Å². The summed E-state index contributed by atoms with van der Waals surface area (Å²) < 4.78 is 0. The van der Waals surface area contributed by atoms with Gasteiger partial charge in [0.25, 0.3) is 0 Å². The van der Waals surface area contributed by atoms with Crippen LogP contribution in [0.5, 0.6) is 0 Å². The first-order valence-corrected chi connectivity index (χ1v) is 5.88. The predicted molar refractivity (Wildman–Crippen MR) is 65.4 cm³/mol. The molecule has 0 unspecified atom stereocenters. The predicted octanol–water partition coefficient (Wildman–Crippen LogP) is 2.45. The molecule has 16 heavy (non-hydrogen) atoms. The topological polar surface area (TPSA) is 42.0 Å². The van der Waals surface area contributed by atoms with Gasteiger partial charge in [0.15, 0.2) is 0 Å². The van der Waals surface area contributed by atoms with Crippen LogP contribution >= 0.6 is 11.6 Å². The number of amides is 1. The molecule has 0 aliphatic heterocycles. The molecule has 0 aliphatic carbocycles. The zero-order valence-corrected chi connectivity index (χ0v) is 10.4. The van der Waals surface area contributed by atoms with Crippen molar-refractivity contribution in [3.05, 3.63) is 30.1 Å². The molecule has 1 amide bonds. The van der Waals surface area contributed by atoms with Gasteiger partial charge in [-0.05, 0) is 32.4 Å². The van der Waals surface area contributed by atoms with Crippen LogP contribution in [0.4, 0.5) is 0 Å². The third kappa shape index (κ3) is 3.81. The number of alkyl halides is 1. The van der Waals surface area contributed by atoms with Crippen molar-refractivity contribution in [2.75, 3.05) is 5.88 Å². The molecule has 3 nitrogen and oxygen atoms in total. The Kier molecular flexibility index (Phi) is 4.74. The van der Waals surface area contributed by atoms with Gasteiger partial charge >= 0.3 is 0 Å². The smallest absolute Gasteiger partial charge is 0.220 e. The second-order valence-corrected chi connectivity index (χ2v) is 4.56. The summed E-state index contributed by atoms with van der Waals surface area (Å²) in [4.78, 5) is 15.8. The zero-order chi connectivity index (χ0) is 12.0. The van der Waals surface area contributed by atoms with E-state index in [1.807, 2.05) is 32.0 Å². The van der Waals surface area contributed by atoms with Gasteiger partial charge in [-0.15, -0.1) is 11.6 Å². The first-order chi connectivity index (χ1) is 7.56. The van der Waals surface area contributed by atoms with Gasteiger partial charge in [-0.3, -0.25) is 9.78 Å². The third-order valence-electron chi connectivity index (χ3n) is 2.29.